The van der Waals surface area contributed by atoms with Gasteiger partial charge in [-0.3, -0.25) is 4.99 Å². The number of piperidine rings is 1. The molecule has 156 valence electrons. The van der Waals surface area contributed by atoms with Gasteiger partial charge in [0.2, 0.25) is 0 Å². The third-order valence-electron chi connectivity index (χ3n) is 5.56. The van der Waals surface area contributed by atoms with Crippen molar-refractivity contribution >= 4 is 11.8 Å². The zero-order valence-electron chi connectivity index (χ0n) is 17.3. The summed E-state index contributed by atoms with van der Waals surface area (Å²) in [6.45, 7) is 11.2. The zero-order valence-corrected chi connectivity index (χ0v) is 17.3. The van der Waals surface area contributed by atoms with E-state index in [1.165, 1.54) is 32.0 Å². The van der Waals surface area contributed by atoms with Gasteiger partial charge in [-0.05, 0) is 63.7 Å². The van der Waals surface area contributed by atoms with E-state index in [-0.39, 0.29) is 11.9 Å². The number of aliphatic imine (C=N–C) groups is 1. The number of likely N-dealkylation sites (tertiary alicyclic amines) is 1. The summed E-state index contributed by atoms with van der Waals surface area (Å²) < 4.78 is 14.0. The van der Waals surface area contributed by atoms with Crippen molar-refractivity contribution in [3.63, 3.8) is 0 Å². The lowest BCUT2D eigenvalue weighted by Crippen LogP contribution is -2.44. The van der Waals surface area contributed by atoms with Gasteiger partial charge in [-0.25, -0.2) is 9.37 Å². The Kier molecular flexibility index (Phi) is 7.89. The van der Waals surface area contributed by atoms with E-state index in [2.05, 4.69) is 34.4 Å². The number of nitrogens with zero attached hydrogens (tertiary/aromatic N) is 4. The Morgan fingerprint density at radius 2 is 2.21 bits per heavy atom. The molecule has 2 atom stereocenters. The number of guanidine groups is 1. The lowest BCUT2D eigenvalue weighted by Gasteiger charge is -2.30. The summed E-state index contributed by atoms with van der Waals surface area (Å²) in [6, 6.07) is 3.35. The van der Waals surface area contributed by atoms with Crippen molar-refractivity contribution in [1.82, 2.24) is 20.5 Å². The predicted octanol–water partition coefficient (Wildman–Crippen LogP) is 2.48. The van der Waals surface area contributed by atoms with Gasteiger partial charge in [-0.1, -0.05) is 6.92 Å². The van der Waals surface area contributed by atoms with E-state index >= 15 is 0 Å². The highest BCUT2D eigenvalue weighted by Crippen LogP contribution is 2.20. The molecule has 3 rings (SSSR count). The summed E-state index contributed by atoms with van der Waals surface area (Å²) in [5.41, 5.74) is 0. The average Bonchev–Trinajstić information content (AvgIpc) is 3.14. The summed E-state index contributed by atoms with van der Waals surface area (Å²) in [6.07, 6.45) is 6.37. The largest absolute Gasteiger partial charge is 0.357 e. The molecule has 1 aromatic rings. The molecule has 2 fully saturated rings. The smallest absolute Gasteiger partial charge is 0.191 e. The highest BCUT2D eigenvalue weighted by Gasteiger charge is 2.26. The summed E-state index contributed by atoms with van der Waals surface area (Å²) >= 11 is 0. The molecule has 2 unspecified atom stereocenters. The van der Waals surface area contributed by atoms with Crippen LogP contribution in [0.5, 0.6) is 0 Å². The summed E-state index contributed by atoms with van der Waals surface area (Å²) in [4.78, 5) is 13.5. The summed E-state index contributed by atoms with van der Waals surface area (Å²) in [5, 5.41) is 6.85. The highest BCUT2D eigenvalue weighted by atomic mass is 19.1. The molecule has 0 bridgehead atoms. The van der Waals surface area contributed by atoms with E-state index in [0.717, 1.165) is 57.4 Å². The van der Waals surface area contributed by atoms with Crippen LogP contribution in [0.3, 0.4) is 0 Å². The first-order chi connectivity index (χ1) is 13.7. The lowest BCUT2D eigenvalue weighted by atomic mass is 10.0. The van der Waals surface area contributed by atoms with Crippen molar-refractivity contribution in [2.75, 3.05) is 50.7 Å². The van der Waals surface area contributed by atoms with E-state index < -0.39 is 0 Å². The lowest BCUT2D eigenvalue weighted by molar-refractivity contribution is 0.183. The van der Waals surface area contributed by atoms with E-state index in [9.17, 15) is 4.39 Å². The van der Waals surface area contributed by atoms with E-state index in [0.29, 0.717) is 5.82 Å². The average molecular weight is 391 g/mol. The van der Waals surface area contributed by atoms with Crippen molar-refractivity contribution in [3.05, 3.63) is 24.1 Å². The van der Waals surface area contributed by atoms with Crippen LogP contribution in [-0.4, -0.2) is 67.7 Å². The Balaban J connectivity index is 1.45. The molecule has 2 saturated heterocycles. The van der Waals surface area contributed by atoms with E-state index in [1.54, 1.807) is 12.3 Å². The number of nitrogens with one attached hydrogen (secondary N) is 2. The molecule has 0 aliphatic carbocycles. The second-order valence-corrected chi connectivity index (χ2v) is 8.05. The van der Waals surface area contributed by atoms with Crippen LogP contribution in [0.1, 0.15) is 39.5 Å². The van der Waals surface area contributed by atoms with Gasteiger partial charge >= 0.3 is 0 Å². The molecule has 0 spiro atoms. The molecule has 28 heavy (non-hydrogen) atoms. The minimum atomic E-state index is -0.254. The monoisotopic (exact) mass is 390 g/mol. The number of aromatic nitrogens is 1. The van der Waals surface area contributed by atoms with Gasteiger partial charge in [0, 0.05) is 45.0 Å². The molecule has 3 heterocycles. The third kappa shape index (κ3) is 6.06. The fourth-order valence-electron chi connectivity index (χ4n) is 4.17. The second-order valence-electron chi connectivity index (χ2n) is 8.05. The number of halogens is 1. The molecule has 0 amide bonds. The first kappa shape index (κ1) is 20.8. The van der Waals surface area contributed by atoms with Crippen LogP contribution >= 0.6 is 0 Å². The van der Waals surface area contributed by atoms with Crippen LogP contribution < -0.4 is 15.5 Å². The van der Waals surface area contributed by atoms with Crippen LogP contribution in [0.2, 0.25) is 0 Å². The molecule has 0 radical (unpaired) electrons. The summed E-state index contributed by atoms with van der Waals surface area (Å²) in [7, 11) is 0. The maximum atomic E-state index is 14.0. The van der Waals surface area contributed by atoms with Crippen molar-refractivity contribution in [2.24, 2.45) is 10.9 Å². The fourth-order valence-corrected chi connectivity index (χ4v) is 4.17. The Bertz CT molecular complexity index is 637. The normalized spacial score (nSPS) is 23.8. The van der Waals surface area contributed by atoms with Crippen LogP contribution in [-0.2, 0) is 0 Å². The summed E-state index contributed by atoms with van der Waals surface area (Å²) in [5.74, 6) is 1.88. The van der Waals surface area contributed by atoms with Crippen molar-refractivity contribution in [1.29, 1.82) is 0 Å². The third-order valence-corrected chi connectivity index (χ3v) is 5.56. The molecular formula is C21H35FN6. The van der Waals surface area contributed by atoms with Crippen LogP contribution in [0.15, 0.2) is 23.3 Å². The Morgan fingerprint density at radius 3 is 3.00 bits per heavy atom. The first-order valence-electron chi connectivity index (χ1n) is 10.8. The minimum Gasteiger partial charge on any atom is -0.357 e. The standard InChI is InChI=1S/C21H35FN6/c1-3-23-21(25-11-6-13-27-12-5-7-17(2)15-27)26-18-9-14-28(16-18)20-19(22)8-4-10-24-20/h4,8,10,17-18H,3,5-7,9,11-16H2,1-2H3,(H2,23,25,26). The Morgan fingerprint density at radius 1 is 1.32 bits per heavy atom. The maximum Gasteiger partial charge on any atom is 0.191 e. The van der Waals surface area contributed by atoms with Crippen molar-refractivity contribution in [3.8, 4) is 0 Å². The number of hydrogen-bond acceptors (Lipinski definition) is 4. The maximum absolute atomic E-state index is 14.0. The molecule has 2 N–H and O–H groups in total. The zero-order chi connectivity index (χ0) is 19.8. The minimum absolute atomic E-state index is 0.252. The van der Waals surface area contributed by atoms with Gasteiger partial charge in [0.1, 0.15) is 0 Å². The number of anilines is 1. The Hall–Kier alpha value is -1.89. The van der Waals surface area contributed by atoms with Gasteiger partial charge in [-0.15, -0.1) is 0 Å². The van der Waals surface area contributed by atoms with Crippen LogP contribution in [0.25, 0.3) is 0 Å². The van der Waals surface area contributed by atoms with E-state index in [1.807, 2.05) is 4.90 Å². The molecule has 7 heteroatoms. The number of pyridine rings is 1. The number of rotatable bonds is 7. The highest BCUT2D eigenvalue weighted by molar-refractivity contribution is 5.80. The van der Waals surface area contributed by atoms with Gasteiger partial charge in [0.15, 0.2) is 17.6 Å². The molecule has 2 aliphatic heterocycles. The molecule has 2 aliphatic rings. The first-order valence-corrected chi connectivity index (χ1v) is 10.8. The quantitative estimate of drug-likeness (QED) is 0.426. The molecule has 6 nitrogen and oxygen atoms in total. The van der Waals surface area contributed by atoms with E-state index in [4.69, 9.17) is 4.99 Å². The van der Waals surface area contributed by atoms with Crippen LogP contribution in [0, 0.1) is 11.7 Å². The van der Waals surface area contributed by atoms with Gasteiger partial charge in [0.05, 0.1) is 0 Å². The van der Waals surface area contributed by atoms with Crippen molar-refractivity contribution < 1.29 is 4.39 Å². The van der Waals surface area contributed by atoms with Gasteiger partial charge in [0.25, 0.3) is 0 Å². The molecule has 1 aromatic heterocycles. The van der Waals surface area contributed by atoms with Crippen molar-refractivity contribution in [2.45, 2.75) is 45.6 Å². The topological polar surface area (TPSA) is 55.8 Å². The van der Waals surface area contributed by atoms with Crippen LogP contribution in [0.4, 0.5) is 10.2 Å². The van der Waals surface area contributed by atoms with Gasteiger partial charge in [-0.2, -0.15) is 0 Å². The Labute approximate surface area is 168 Å². The molecule has 0 saturated carbocycles. The second kappa shape index (κ2) is 10.6. The SMILES string of the molecule is CCNC(=NCCCN1CCCC(C)C1)NC1CCN(c2ncccc2F)C1. The molecular weight excluding hydrogens is 355 g/mol. The van der Waals surface area contributed by atoms with Gasteiger partial charge < -0.3 is 20.4 Å². The molecule has 0 aromatic carbocycles. The predicted molar refractivity (Wildman–Crippen MR) is 113 cm³/mol. The number of hydrogen-bond donors (Lipinski definition) is 2. The fraction of sp³-hybridized carbons (Fsp3) is 0.714.